The monoisotopic (exact) mass is 342 g/mol. The number of nitrogens with one attached hydrogen (secondary N) is 1. The molecule has 1 aromatic carbocycles. The van der Waals surface area contributed by atoms with Gasteiger partial charge in [-0.05, 0) is 37.1 Å². The van der Waals surface area contributed by atoms with Gasteiger partial charge in [0, 0.05) is 28.9 Å². The van der Waals surface area contributed by atoms with E-state index < -0.39 is 0 Å². The number of fused-ring (bicyclic) bond motifs is 1. The lowest BCUT2D eigenvalue weighted by atomic mass is 10.1. The largest absolute Gasteiger partial charge is 0.345 e. The highest BCUT2D eigenvalue weighted by Crippen LogP contribution is 2.40. The zero-order chi connectivity index (χ0) is 16.7. The minimum atomic E-state index is -0.200. The van der Waals surface area contributed by atoms with E-state index in [1.165, 1.54) is 0 Å². The van der Waals surface area contributed by atoms with Gasteiger partial charge in [0.1, 0.15) is 0 Å². The van der Waals surface area contributed by atoms with Gasteiger partial charge < -0.3 is 9.84 Å². The molecule has 2 aromatic heterocycles. The van der Waals surface area contributed by atoms with Crippen LogP contribution >= 0.6 is 11.6 Å². The number of nitrogens with zero attached hydrogens (tertiary/aromatic N) is 3. The van der Waals surface area contributed by atoms with Crippen molar-refractivity contribution in [1.82, 2.24) is 20.4 Å². The van der Waals surface area contributed by atoms with Gasteiger partial charge in [-0.25, -0.2) is 0 Å². The first-order valence-electron chi connectivity index (χ1n) is 7.78. The molecule has 1 N–H and O–H groups in total. The van der Waals surface area contributed by atoms with Crippen LogP contribution < -0.4 is 5.32 Å². The van der Waals surface area contributed by atoms with Crippen LogP contribution in [-0.4, -0.2) is 21.0 Å². The summed E-state index contributed by atoms with van der Waals surface area (Å²) in [6.45, 7) is 1.91. The van der Waals surface area contributed by atoms with Gasteiger partial charge in [0.2, 0.25) is 5.89 Å². The fourth-order valence-electron chi connectivity index (χ4n) is 2.66. The van der Waals surface area contributed by atoms with Gasteiger partial charge in [-0.3, -0.25) is 9.78 Å². The molecule has 0 bridgehead atoms. The Bertz CT molecular complexity index is 933. The van der Waals surface area contributed by atoms with Gasteiger partial charge in [0.05, 0.1) is 17.6 Å². The number of halogens is 1. The molecule has 2 heterocycles. The standard InChI is InChI=1S/C17H15ClN4O2/c1-9-20-16(22-24-9)8-19-17(23)13-7-15(10-2-3-10)21-14-5-4-11(18)6-12(13)14/h4-7,10H,2-3,8H2,1H3,(H,19,23). The van der Waals surface area contributed by atoms with Gasteiger partial charge in [-0.15, -0.1) is 0 Å². The summed E-state index contributed by atoms with van der Waals surface area (Å²) >= 11 is 6.09. The summed E-state index contributed by atoms with van der Waals surface area (Å²) in [4.78, 5) is 21.4. The number of aromatic nitrogens is 3. The predicted molar refractivity (Wildman–Crippen MR) is 88.9 cm³/mol. The molecule has 1 saturated carbocycles. The quantitative estimate of drug-likeness (QED) is 0.786. The van der Waals surface area contributed by atoms with Gasteiger partial charge in [0.15, 0.2) is 5.82 Å². The molecule has 1 amide bonds. The summed E-state index contributed by atoms with van der Waals surface area (Å²) in [5.41, 5.74) is 2.32. The summed E-state index contributed by atoms with van der Waals surface area (Å²) in [6, 6.07) is 7.28. The number of amides is 1. The molecule has 7 heteroatoms. The van der Waals surface area contributed by atoms with Crippen LogP contribution in [-0.2, 0) is 6.54 Å². The lowest BCUT2D eigenvalue weighted by Gasteiger charge is -2.09. The fourth-order valence-corrected chi connectivity index (χ4v) is 2.83. The second-order valence-electron chi connectivity index (χ2n) is 5.94. The van der Waals surface area contributed by atoms with E-state index >= 15 is 0 Å². The second kappa shape index (κ2) is 5.87. The van der Waals surface area contributed by atoms with Crippen LogP contribution in [0.2, 0.25) is 5.02 Å². The Morgan fingerprint density at radius 1 is 1.33 bits per heavy atom. The van der Waals surface area contributed by atoms with Crippen LogP contribution in [0, 0.1) is 6.92 Å². The molecule has 1 aliphatic rings. The number of aryl methyl sites for hydroxylation is 1. The van der Waals surface area contributed by atoms with Gasteiger partial charge in [-0.1, -0.05) is 16.8 Å². The van der Waals surface area contributed by atoms with Crippen LogP contribution in [0.25, 0.3) is 10.9 Å². The molecule has 0 radical (unpaired) electrons. The number of pyridine rings is 1. The molecule has 24 heavy (non-hydrogen) atoms. The second-order valence-corrected chi connectivity index (χ2v) is 6.38. The van der Waals surface area contributed by atoms with Crippen molar-refractivity contribution in [2.45, 2.75) is 32.2 Å². The number of hydrogen-bond donors (Lipinski definition) is 1. The third-order valence-electron chi connectivity index (χ3n) is 4.01. The topological polar surface area (TPSA) is 80.9 Å². The molecule has 4 rings (SSSR count). The molecular weight excluding hydrogens is 328 g/mol. The average molecular weight is 343 g/mol. The Kier molecular flexibility index (Phi) is 3.69. The molecule has 0 aliphatic heterocycles. The number of carbonyl (C=O) groups is 1. The molecule has 1 fully saturated rings. The van der Waals surface area contributed by atoms with Crippen LogP contribution in [0.3, 0.4) is 0 Å². The Hall–Kier alpha value is -2.47. The van der Waals surface area contributed by atoms with E-state index in [1.54, 1.807) is 19.1 Å². The number of benzene rings is 1. The average Bonchev–Trinajstić information content (AvgIpc) is 3.34. The Morgan fingerprint density at radius 2 is 2.17 bits per heavy atom. The minimum Gasteiger partial charge on any atom is -0.345 e. The maximum absolute atomic E-state index is 12.7. The first-order valence-corrected chi connectivity index (χ1v) is 8.15. The van der Waals surface area contributed by atoms with Crippen molar-refractivity contribution < 1.29 is 9.32 Å². The lowest BCUT2D eigenvalue weighted by molar-refractivity contribution is 0.0951. The van der Waals surface area contributed by atoms with Crippen LogP contribution in [0.4, 0.5) is 0 Å². The fraction of sp³-hybridized carbons (Fsp3) is 0.294. The molecular formula is C17H15ClN4O2. The van der Waals surface area contributed by atoms with E-state index in [0.717, 1.165) is 29.4 Å². The molecule has 6 nitrogen and oxygen atoms in total. The van der Waals surface area contributed by atoms with E-state index in [9.17, 15) is 4.79 Å². The SMILES string of the molecule is Cc1nc(CNC(=O)c2cc(C3CC3)nc3ccc(Cl)cc23)no1. The van der Waals surface area contributed by atoms with Gasteiger partial charge in [0.25, 0.3) is 5.91 Å². The normalized spacial score (nSPS) is 14.1. The van der Waals surface area contributed by atoms with E-state index in [4.69, 9.17) is 16.1 Å². The first kappa shape index (κ1) is 15.1. The van der Waals surface area contributed by atoms with E-state index in [1.807, 2.05) is 12.1 Å². The highest BCUT2D eigenvalue weighted by Gasteiger charge is 2.27. The van der Waals surface area contributed by atoms with Crippen molar-refractivity contribution >= 4 is 28.4 Å². The van der Waals surface area contributed by atoms with E-state index in [2.05, 4.69) is 20.4 Å². The van der Waals surface area contributed by atoms with E-state index in [-0.39, 0.29) is 12.5 Å². The molecule has 1 aliphatic carbocycles. The van der Waals surface area contributed by atoms with Crippen LogP contribution in [0.1, 0.15) is 46.5 Å². The molecule has 0 unspecified atom stereocenters. The van der Waals surface area contributed by atoms with Crippen molar-refractivity contribution in [3.05, 3.63) is 52.3 Å². The smallest absolute Gasteiger partial charge is 0.252 e. The Morgan fingerprint density at radius 3 is 2.88 bits per heavy atom. The highest BCUT2D eigenvalue weighted by molar-refractivity contribution is 6.31. The van der Waals surface area contributed by atoms with Crippen molar-refractivity contribution in [1.29, 1.82) is 0 Å². The summed E-state index contributed by atoms with van der Waals surface area (Å²) < 4.78 is 4.91. The van der Waals surface area contributed by atoms with Crippen LogP contribution in [0.15, 0.2) is 28.8 Å². The zero-order valence-corrected chi connectivity index (χ0v) is 13.8. The van der Waals surface area contributed by atoms with Crippen molar-refractivity contribution in [3.8, 4) is 0 Å². The van der Waals surface area contributed by atoms with Gasteiger partial charge in [-0.2, -0.15) is 4.98 Å². The Labute approximate surface area is 143 Å². The number of rotatable bonds is 4. The minimum absolute atomic E-state index is 0.200. The van der Waals surface area contributed by atoms with Crippen molar-refractivity contribution in [2.24, 2.45) is 0 Å². The zero-order valence-electron chi connectivity index (χ0n) is 13.0. The van der Waals surface area contributed by atoms with Gasteiger partial charge >= 0.3 is 0 Å². The summed E-state index contributed by atoms with van der Waals surface area (Å²) in [7, 11) is 0. The Balaban J connectivity index is 1.67. The molecule has 0 atom stereocenters. The molecule has 3 aromatic rings. The highest BCUT2D eigenvalue weighted by atomic mass is 35.5. The number of carbonyl (C=O) groups excluding carboxylic acids is 1. The summed E-state index contributed by atoms with van der Waals surface area (Å²) in [5.74, 6) is 1.17. The third-order valence-corrected chi connectivity index (χ3v) is 4.24. The van der Waals surface area contributed by atoms with Crippen LogP contribution in [0.5, 0.6) is 0 Å². The predicted octanol–water partition coefficient (Wildman–Crippen LogP) is 3.39. The molecule has 0 spiro atoms. The lowest BCUT2D eigenvalue weighted by Crippen LogP contribution is -2.24. The summed E-state index contributed by atoms with van der Waals surface area (Å²) in [6.07, 6.45) is 2.24. The number of hydrogen-bond acceptors (Lipinski definition) is 5. The molecule has 122 valence electrons. The van der Waals surface area contributed by atoms with Crippen molar-refractivity contribution in [3.63, 3.8) is 0 Å². The van der Waals surface area contributed by atoms with E-state index in [0.29, 0.717) is 28.2 Å². The first-order chi connectivity index (χ1) is 11.6. The molecule has 0 saturated heterocycles. The third kappa shape index (κ3) is 2.97. The summed E-state index contributed by atoms with van der Waals surface area (Å²) in [5, 5.41) is 7.93. The maximum Gasteiger partial charge on any atom is 0.252 e. The maximum atomic E-state index is 12.7. The van der Waals surface area contributed by atoms with Crippen molar-refractivity contribution in [2.75, 3.05) is 0 Å².